The van der Waals surface area contributed by atoms with Gasteiger partial charge in [0.1, 0.15) is 5.69 Å². The van der Waals surface area contributed by atoms with Gasteiger partial charge >= 0.3 is 0 Å². The van der Waals surface area contributed by atoms with Crippen LogP contribution in [0.25, 0.3) is 0 Å². The summed E-state index contributed by atoms with van der Waals surface area (Å²) in [5.74, 6) is -0.976. The van der Waals surface area contributed by atoms with Gasteiger partial charge in [-0.25, -0.2) is 0 Å². The normalized spacial score (nSPS) is 14.5. The first-order valence-corrected chi connectivity index (χ1v) is 7.03. The van der Waals surface area contributed by atoms with Crippen LogP contribution in [-0.4, -0.2) is 34.0 Å². The van der Waals surface area contributed by atoms with Gasteiger partial charge in [-0.1, -0.05) is 30.3 Å². The molecule has 5 heteroatoms. The fourth-order valence-electron chi connectivity index (χ4n) is 2.48. The highest BCUT2D eigenvalue weighted by molar-refractivity contribution is 6.13. The summed E-state index contributed by atoms with van der Waals surface area (Å²) >= 11 is 0. The highest BCUT2D eigenvalue weighted by atomic mass is 16.2. The van der Waals surface area contributed by atoms with E-state index in [1.165, 1.54) is 6.20 Å². The summed E-state index contributed by atoms with van der Waals surface area (Å²) in [6.07, 6.45) is 1.71. The van der Waals surface area contributed by atoms with E-state index in [1.54, 1.807) is 12.1 Å². The number of Topliss-reactive ketones (excluding diaryl/α,β-unsaturated/α-hetero) is 1. The minimum atomic E-state index is -0.498. The topological polar surface area (TPSA) is 67.3 Å². The molecule has 0 saturated heterocycles. The third kappa shape index (κ3) is 2.65. The molecule has 2 heterocycles. The Hall–Kier alpha value is -2.82. The molecule has 1 aliphatic rings. The van der Waals surface area contributed by atoms with Crippen LogP contribution in [0.15, 0.2) is 48.7 Å². The number of benzene rings is 1. The van der Waals surface area contributed by atoms with Gasteiger partial charge in [0.2, 0.25) is 5.91 Å². The Morgan fingerprint density at radius 3 is 2.64 bits per heavy atom. The van der Waals surface area contributed by atoms with E-state index in [-0.39, 0.29) is 36.8 Å². The molecular weight excluding hydrogens is 280 g/mol. The van der Waals surface area contributed by atoms with Crippen molar-refractivity contribution in [2.75, 3.05) is 6.54 Å². The Labute approximate surface area is 127 Å². The Kier molecular flexibility index (Phi) is 3.78. The number of nitrogens with zero attached hydrogens (tertiary/aromatic N) is 2. The molecule has 1 aromatic heterocycles. The summed E-state index contributed by atoms with van der Waals surface area (Å²) in [6.45, 7) is 0.0969. The maximum atomic E-state index is 12.5. The molecule has 5 nitrogen and oxygen atoms in total. The molecule has 0 unspecified atom stereocenters. The summed E-state index contributed by atoms with van der Waals surface area (Å²) in [4.78, 5) is 42.1. The van der Waals surface area contributed by atoms with Crippen LogP contribution < -0.4 is 0 Å². The Morgan fingerprint density at radius 1 is 1.09 bits per heavy atom. The summed E-state index contributed by atoms with van der Waals surface area (Å²) in [6, 6.07) is 12.4. The molecule has 0 saturated carbocycles. The lowest BCUT2D eigenvalue weighted by Crippen LogP contribution is -2.38. The fourth-order valence-corrected chi connectivity index (χ4v) is 2.48. The van der Waals surface area contributed by atoms with Gasteiger partial charge in [0.25, 0.3) is 5.91 Å². The smallest absolute Gasteiger partial charge is 0.279 e. The van der Waals surface area contributed by atoms with E-state index < -0.39 is 5.91 Å². The van der Waals surface area contributed by atoms with Gasteiger partial charge in [-0.05, 0) is 17.7 Å². The maximum Gasteiger partial charge on any atom is 0.279 e. The lowest BCUT2D eigenvalue weighted by molar-refractivity contribution is -0.127. The quantitative estimate of drug-likeness (QED) is 0.848. The van der Waals surface area contributed by atoms with Crippen molar-refractivity contribution in [3.63, 3.8) is 0 Å². The van der Waals surface area contributed by atoms with Gasteiger partial charge in [0.05, 0.1) is 6.42 Å². The number of aromatic nitrogens is 1. The lowest BCUT2D eigenvalue weighted by Gasteiger charge is -2.18. The first-order chi connectivity index (χ1) is 10.7. The first-order valence-electron chi connectivity index (χ1n) is 7.03. The van der Waals surface area contributed by atoms with Crippen molar-refractivity contribution in [3.05, 3.63) is 65.5 Å². The van der Waals surface area contributed by atoms with E-state index in [1.807, 2.05) is 30.3 Å². The van der Waals surface area contributed by atoms with Crippen LogP contribution in [0.5, 0.6) is 0 Å². The van der Waals surface area contributed by atoms with Gasteiger partial charge in [-0.3, -0.25) is 24.3 Å². The van der Waals surface area contributed by atoms with E-state index >= 15 is 0 Å². The second kappa shape index (κ2) is 5.89. The molecule has 0 aliphatic carbocycles. The highest BCUT2D eigenvalue weighted by Crippen LogP contribution is 2.17. The molecule has 2 aromatic rings. The average molecular weight is 294 g/mol. The number of rotatable bonds is 2. The number of hydrogen-bond acceptors (Lipinski definition) is 4. The molecule has 0 spiro atoms. The molecule has 0 fully saturated rings. The van der Waals surface area contributed by atoms with Crippen molar-refractivity contribution in [3.8, 4) is 0 Å². The maximum absolute atomic E-state index is 12.5. The highest BCUT2D eigenvalue weighted by Gasteiger charge is 2.31. The standard InChI is InChI=1S/C17H14N2O3/c20-14-8-10-19(15(21)11-12-5-2-1-3-6-12)17(22)16-13(14)7-4-9-18-16/h1-7,9H,8,10-11H2. The van der Waals surface area contributed by atoms with E-state index in [9.17, 15) is 14.4 Å². The zero-order valence-corrected chi connectivity index (χ0v) is 11.9. The van der Waals surface area contributed by atoms with Crippen molar-refractivity contribution in [2.24, 2.45) is 0 Å². The number of carbonyl (C=O) groups is 3. The summed E-state index contributed by atoms with van der Waals surface area (Å²) < 4.78 is 0. The molecule has 2 amide bonds. The van der Waals surface area contributed by atoms with Gasteiger partial charge in [0, 0.05) is 24.7 Å². The molecule has 1 aromatic carbocycles. The fraction of sp³-hybridized carbons (Fsp3) is 0.176. The van der Waals surface area contributed by atoms with E-state index in [4.69, 9.17) is 0 Å². The number of hydrogen-bond donors (Lipinski definition) is 0. The number of pyridine rings is 1. The minimum Gasteiger partial charge on any atom is -0.294 e. The predicted molar refractivity (Wildman–Crippen MR) is 79.4 cm³/mol. The number of carbonyl (C=O) groups excluding carboxylic acids is 3. The monoisotopic (exact) mass is 294 g/mol. The second-order valence-corrected chi connectivity index (χ2v) is 5.09. The molecule has 3 rings (SSSR count). The number of amides is 2. The number of fused-ring (bicyclic) bond motifs is 1. The van der Waals surface area contributed by atoms with Crippen LogP contribution >= 0.6 is 0 Å². The second-order valence-electron chi connectivity index (χ2n) is 5.09. The van der Waals surface area contributed by atoms with Crippen LogP contribution in [0.4, 0.5) is 0 Å². The molecule has 110 valence electrons. The summed E-state index contributed by atoms with van der Waals surface area (Å²) in [5.41, 5.74) is 1.19. The first kappa shape index (κ1) is 14.1. The Balaban J connectivity index is 1.87. The van der Waals surface area contributed by atoms with Crippen LogP contribution in [0.3, 0.4) is 0 Å². The number of imide groups is 1. The van der Waals surface area contributed by atoms with Crippen molar-refractivity contribution in [2.45, 2.75) is 12.8 Å². The van der Waals surface area contributed by atoms with Gasteiger partial charge in [0.15, 0.2) is 5.78 Å². The van der Waals surface area contributed by atoms with Crippen molar-refractivity contribution >= 4 is 17.6 Å². The van der Waals surface area contributed by atoms with Crippen molar-refractivity contribution < 1.29 is 14.4 Å². The molecule has 0 atom stereocenters. The SMILES string of the molecule is O=C1CCN(C(=O)Cc2ccccc2)C(=O)c2ncccc21. The zero-order valence-electron chi connectivity index (χ0n) is 11.9. The molecule has 1 aliphatic heterocycles. The largest absolute Gasteiger partial charge is 0.294 e. The molecular formula is C17H14N2O3. The van der Waals surface area contributed by atoms with E-state index in [0.717, 1.165) is 10.5 Å². The Bertz CT molecular complexity index is 741. The minimum absolute atomic E-state index is 0.0615. The molecule has 0 bridgehead atoms. The third-order valence-corrected chi connectivity index (χ3v) is 3.62. The van der Waals surface area contributed by atoms with Crippen LogP contribution in [0, 0.1) is 0 Å². The molecule has 22 heavy (non-hydrogen) atoms. The van der Waals surface area contributed by atoms with Crippen molar-refractivity contribution in [1.29, 1.82) is 0 Å². The van der Waals surface area contributed by atoms with Gasteiger partial charge < -0.3 is 0 Å². The van der Waals surface area contributed by atoms with Crippen LogP contribution in [0.2, 0.25) is 0 Å². The Morgan fingerprint density at radius 2 is 1.86 bits per heavy atom. The predicted octanol–water partition coefficient (Wildman–Crippen LogP) is 1.88. The average Bonchev–Trinajstić information content (AvgIpc) is 2.67. The lowest BCUT2D eigenvalue weighted by atomic mass is 10.1. The molecule has 0 N–H and O–H groups in total. The third-order valence-electron chi connectivity index (χ3n) is 3.62. The van der Waals surface area contributed by atoms with E-state index in [2.05, 4.69) is 4.98 Å². The summed E-state index contributed by atoms with van der Waals surface area (Å²) in [7, 11) is 0. The van der Waals surface area contributed by atoms with Crippen LogP contribution in [-0.2, 0) is 11.2 Å². The van der Waals surface area contributed by atoms with E-state index in [0.29, 0.717) is 5.56 Å². The van der Waals surface area contributed by atoms with Crippen molar-refractivity contribution in [1.82, 2.24) is 9.88 Å². The number of ketones is 1. The zero-order chi connectivity index (χ0) is 15.5. The summed E-state index contributed by atoms with van der Waals surface area (Å²) in [5, 5.41) is 0. The molecule has 0 radical (unpaired) electrons. The van der Waals surface area contributed by atoms with Gasteiger partial charge in [-0.2, -0.15) is 0 Å². The van der Waals surface area contributed by atoms with Gasteiger partial charge in [-0.15, -0.1) is 0 Å². The van der Waals surface area contributed by atoms with Crippen LogP contribution in [0.1, 0.15) is 32.8 Å².